The molecule has 0 N–H and O–H groups in total. The monoisotopic (exact) mass is 414 g/mol. The molecule has 1 saturated carbocycles. The molecule has 0 radical (unpaired) electrons. The van der Waals surface area contributed by atoms with Gasteiger partial charge in [-0.25, -0.2) is 4.39 Å². The third kappa shape index (κ3) is 4.11. The number of piperidine rings is 1. The number of esters is 1. The Morgan fingerprint density at radius 2 is 1.93 bits per heavy atom. The average Bonchev–Trinajstić information content (AvgIpc) is 3.30. The maximum Gasteiger partial charge on any atom is 0.312 e. The Morgan fingerprint density at radius 1 is 1.27 bits per heavy atom. The van der Waals surface area contributed by atoms with E-state index in [2.05, 4.69) is 12.1 Å². The first kappa shape index (κ1) is 20.6. The molecule has 1 aliphatic carbocycles. The Hall–Kier alpha value is -2.70. The van der Waals surface area contributed by atoms with Crippen molar-refractivity contribution < 1.29 is 23.2 Å². The quantitative estimate of drug-likeness (QED) is 0.672. The summed E-state index contributed by atoms with van der Waals surface area (Å²) < 4.78 is 24.1. The van der Waals surface area contributed by atoms with Crippen molar-refractivity contribution in [2.75, 3.05) is 19.7 Å². The Labute approximate surface area is 175 Å². The standard InChI is InChI=1S/C23H27FN2O4/c1-3-29-22(28)23(8-10-26(11-9-23)21(27)19-12-15(19)2)14-18-13-20(25-30-18)16-4-6-17(24)7-5-16/h4-7,13,15,19H,3,8-12,14H2,1-2H3/t15-,19-/m0/s1. The number of aromatic nitrogens is 1. The Morgan fingerprint density at radius 3 is 2.53 bits per heavy atom. The van der Waals surface area contributed by atoms with Gasteiger partial charge in [-0.2, -0.15) is 0 Å². The van der Waals surface area contributed by atoms with E-state index in [1.54, 1.807) is 25.1 Å². The highest BCUT2D eigenvalue weighted by molar-refractivity contribution is 5.82. The summed E-state index contributed by atoms with van der Waals surface area (Å²) in [5, 5.41) is 4.09. The van der Waals surface area contributed by atoms with Crippen LogP contribution in [-0.2, 0) is 20.7 Å². The van der Waals surface area contributed by atoms with Gasteiger partial charge >= 0.3 is 5.97 Å². The van der Waals surface area contributed by atoms with Crippen LogP contribution in [0.5, 0.6) is 0 Å². The summed E-state index contributed by atoms with van der Waals surface area (Å²) in [5.41, 5.74) is 0.608. The van der Waals surface area contributed by atoms with Crippen LogP contribution in [0.15, 0.2) is 34.9 Å². The minimum atomic E-state index is -0.735. The zero-order valence-electron chi connectivity index (χ0n) is 17.4. The largest absolute Gasteiger partial charge is 0.466 e. The van der Waals surface area contributed by atoms with Gasteiger partial charge in [-0.3, -0.25) is 9.59 Å². The van der Waals surface area contributed by atoms with Crippen LogP contribution < -0.4 is 0 Å². The minimum absolute atomic E-state index is 0.146. The fourth-order valence-corrected chi connectivity index (χ4v) is 4.28. The average molecular weight is 414 g/mol. The summed E-state index contributed by atoms with van der Waals surface area (Å²) in [6.45, 7) is 5.28. The van der Waals surface area contributed by atoms with E-state index in [0.717, 1.165) is 12.0 Å². The summed E-state index contributed by atoms with van der Waals surface area (Å²) >= 11 is 0. The van der Waals surface area contributed by atoms with Crippen molar-refractivity contribution in [3.63, 3.8) is 0 Å². The van der Waals surface area contributed by atoms with Gasteiger partial charge < -0.3 is 14.2 Å². The first-order valence-electron chi connectivity index (χ1n) is 10.6. The molecule has 1 saturated heterocycles. The summed E-state index contributed by atoms with van der Waals surface area (Å²) in [7, 11) is 0. The van der Waals surface area contributed by atoms with Crippen molar-refractivity contribution in [1.82, 2.24) is 10.1 Å². The number of rotatable bonds is 6. The molecule has 1 aliphatic heterocycles. The molecule has 2 aromatic rings. The topological polar surface area (TPSA) is 72.6 Å². The molecule has 7 heteroatoms. The number of halogens is 1. The number of amides is 1. The second-order valence-corrected chi connectivity index (χ2v) is 8.51. The lowest BCUT2D eigenvalue weighted by molar-refractivity contribution is -0.160. The Kier molecular flexibility index (Phi) is 5.62. The van der Waals surface area contributed by atoms with E-state index >= 15 is 0 Å². The molecule has 2 aliphatic rings. The van der Waals surface area contributed by atoms with Crippen LogP contribution in [0.1, 0.15) is 38.9 Å². The molecular weight excluding hydrogens is 387 g/mol. The molecule has 160 valence electrons. The fraction of sp³-hybridized carbons (Fsp3) is 0.522. The van der Waals surface area contributed by atoms with Crippen molar-refractivity contribution in [1.29, 1.82) is 0 Å². The van der Waals surface area contributed by atoms with Gasteiger partial charge in [-0.15, -0.1) is 0 Å². The van der Waals surface area contributed by atoms with Gasteiger partial charge in [-0.05, 0) is 56.4 Å². The first-order chi connectivity index (χ1) is 14.4. The van der Waals surface area contributed by atoms with Crippen molar-refractivity contribution in [2.45, 2.75) is 39.5 Å². The highest BCUT2D eigenvalue weighted by atomic mass is 19.1. The maximum absolute atomic E-state index is 13.2. The molecular formula is C23H27FN2O4. The molecule has 0 bridgehead atoms. The van der Waals surface area contributed by atoms with Gasteiger partial charge in [0.05, 0.1) is 12.0 Å². The Bertz CT molecular complexity index is 916. The molecule has 1 amide bonds. The molecule has 2 heterocycles. The number of likely N-dealkylation sites (tertiary alicyclic amines) is 1. The minimum Gasteiger partial charge on any atom is -0.466 e. The first-order valence-corrected chi connectivity index (χ1v) is 10.6. The number of hydrogen-bond acceptors (Lipinski definition) is 5. The third-order valence-corrected chi connectivity index (χ3v) is 6.38. The van der Waals surface area contributed by atoms with Crippen molar-refractivity contribution in [3.05, 3.63) is 41.9 Å². The summed E-state index contributed by atoms with van der Waals surface area (Å²) in [4.78, 5) is 27.3. The third-order valence-electron chi connectivity index (χ3n) is 6.38. The number of benzene rings is 1. The van der Waals surface area contributed by atoms with E-state index in [1.807, 2.05) is 4.90 Å². The van der Waals surface area contributed by atoms with Crippen molar-refractivity contribution >= 4 is 11.9 Å². The van der Waals surface area contributed by atoms with E-state index in [0.29, 0.717) is 56.3 Å². The van der Waals surface area contributed by atoms with Crippen molar-refractivity contribution in [2.24, 2.45) is 17.3 Å². The molecule has 6 nitrogen and oxygen atoms in total. The van der Waals surface area contributed by atoms with Crippen molar-refractivity contribution in [3.8, 4) is 11.3 Å². The van der Waals surface area contributed by atoms with Crippen LogP contribution in [-0.4, -0.2) is 41.6 Å². The number of ether oxygens (including phenoxy) is 1. The second kappa shape index (κ2) is 8.20. The van der Waals surface area contributed by atoms with Gasteiger partial charge in [0.1, 0.15) is 17.3 Å². The van der Waals surface area contributed by atoms with Crippen LogP contribution in [0.3, 0.4) is 0 Å². The summed E-state index contributed by atoms with van der Waals surface area (Å²) in [5.74, 6) is 0.833. The van der Waals surface area contributed by atoms with Gasteiger partial charge in [0.25, 0.3) is 0 Å². The maximum atomic E-state index is 13.2. The summed E-state index contributed by atoms with van der Waals surface area (Å²) in [6, 6.07) is 7.81. The molecule has 2 fully saturated rings. The van der Waals surface area contributed by atoms with E-state index in [4.69, 9.17) is 9.26 Å². The van der Waals surface area contributed by atoms with Gasteiger partial charge in [0.15, 0.2) is 0 Å². The van der Waals surface area contributed by atoms with Gasteiger partial charge in [0, 0.05) is 37.1 Å². The predicted molar refractivity (Wildman–Crippen MR) is 108 cm³/mol. The van der Waals surface area contributed by atoms with Crippen LogP contribution in [0, 0.1) is 23.1 Å². The van der Waals surface area contributed by atoms with Gasteiger partial charge in [-0.1, -0.05) is 12.1 Å². The molecule has 0 spiro atoms. The SMILES string of the molecule is CCOC(=O)C1(Cc2cc(-c3ccc(F)cc3)no2)CCN(C(=O)[C@H]2C[C@@H]2C)CC1. The smallest absolute Gasteiger partial charge is 0.312 e. The molecule has 1 aromatic heterocycles. The highest BCUT2D eigenvalue weighted by Crippen LogP contribution is 2.42. The zero-order chi connectivity index (χ0) is 21.3. The number of nitrogens with zero attached hydrogens (tertiary/aromatic N) is 2. The second-order valence-electron chi connectivity index (χ2n) is 8.51. The van der Waals surface area contributed by atoms with E-state index in [1.165, 1.54) is 12.1 Å². The fourth-order valence-electron chi connectivity index (χ4n) is 4.28. The molecule has 30 heavy (non-hydrogen) atoms. The lowest BCUT2D eigenvalue weighted by Crippen LogP contribution is -2.48. The molecule has 4 rings (SSSR count). The Balaban J connectivity index is 1.49. The lowest BCUT2D eigenvalue weighted by atomic mass is 9.74. The van der Waals surface area contributed by atoms with Gasteiger partial charge in [0.2, 0.25) is 5.91 Å². The number of carbonyl (C=O) groups excluding carboxylic acids is 2. The summed E-state index contributed by atoms with van der Waals surface area (Å²) in [6.07, 6.45) is 2.39. The lowest BCUT2D eigenvalue weighted by Gasteiger charge is -2.39. The van der Waals surface area contributed by atoms with Crippen LogP contribution in [0.25, 0.3) is 11.3 Å². The van der Waals surface area contributed by atoms with Crippen LogP contribution in [0.2, 0.25) is 0 Å². The molecule has 2 atom stereocenters. The zero-order valence-corrected chi connectivity index (χ0v) is 17.4. The van der Waals surface area contributed by atoms with E-state index < -0.39 is 5.41 Å². The molecule has 1 aromatic carbocycles. The normalized spacial score (nSPS) is 22.6. The number of carbonyl (C=O) groups is 2. The van der Waals surface area contributed by atoms with E-state index in [-0.39, 0.29) is 23.6 Å². The molecule has 0 unspecified atom stereocenters. The predicted octanol–water partition coefficient (Wildman–Crippen LogP) is 3.85. The van der Waals surface area contributed by atoms with E-state index in [9.17, 15) is 14.0 Å². The highest BCUT2D eigenvalue weighted by Gasteiger charge is 2.47. The number of hydrogen-bond donors (Lipinski definition) is 0. The van der Waals surface area contributed by atoms with Crippen LogP contribution in [0.4, 0.5) is 4.39 Å². The van der Waals surface area contributed by atoms with Crippen LogP contribution >= 0.6 is 0 Å².